The van der Waals surface area contributed by atoms with E-state index in [1.165, 1.54) is 0 Å². The number of hydrogen-bond donors (Lipinski definition) is 0. The number of rotatable bonds is 0. The Hall–Kier alpha value is 0.688. The molecule has 6 heavy (non-hydrogen) atoms. The fourth-order valence-electron chi connectivity index (χ4n) is 0. The number of hydrogen-bond acceptors (Lipinski definition) is 0. The summed E-state index contributed by atoms with van der Waals surface area (Å²) in [6.45, 7) is 0. The van der Waals surface area contributed by atoms with Gasteiger partial charge in [0.25, 0.3) is 0 Å². The van der Waals surface area contributed by atoms with Gasteiger partial charge in [0.05, 0.1) is 0 Å². The SMILES string of the molecule is [CH3-].[CH3-].[CH3-].[CH3-].[CH3-].[W]. The van der Waals surface area contributed by atoms with Crippen LogP contribution in [-0.4, -0.2) is 0 Å². The molecule has 1 heteroatoms. The first-order valence-electron chi connectivity index (χ1n) is 0. The maximum atomic E-state index is 0. The second kappa shape index (κ2) is 264. The Morgan fingerprint density at radius 2 is 0.333 bits per heavy atom. The van der Waals surface area contributed by atoms with Crippen LogP contribution in [-0.2, 0) is 21.1 Å². The Morgan fingerprint density at radius 1 is 0.333 bits per heavy atom. The van der Waals surface area contributed by atoms with E-state index in [9.17, 15) is 0 Å². The third-order valence-corrected chi connectivity index (χ3v) is 0. The largest absolute Gasteiger partial charge is 0.358 e. The summed E-state index contributed by atoms with van der Waals surface area (Å²) in [6.07, 6.45) is 0. The Balaban J connectivity index is 0. The first kappa shape index (κ1) is 457. The molecule has 0 saturated carbocycles. The zero-order valence-electron chi connectivity index (χ0n) is 5.41. The summed E-state index contributed by atoms with van der Waals surface area (Å²) >= 11 is 0. The van der Waals surface area contributed by atoms with Crippen LogP contribution in [0.3, 0.4) is 0 Å². The van der Waals surface area contributed by atoms with Crippen molar-refractivity contribution in [2.45, 2.75) is 0 Å². The van der Waals surface area contributed by atoms with E-state index >= 15 is 0 Å². The first-order chi connectivity index (χ1) is 0. The van der Waals surface area contributed by atoms with Crippen molar-refractivity contribution in [2.24, 2.45) is 0 Å². The minimum absolute atomic E-state index is 0. The molecular weight excluding hydrogens is 244 g/mol. The van der Waals surface area contributed by atoms with E-state index in [4.69, 9.17) is 0 Å². The smallest absolute Gasteiger partial charge is 0 e. The molecule has 0 aliphatic rings. The van der Waals surface area contributed by atoms with Gasteiger partial charge < -0.3 is 37.1 Å². The van der Waals surface area contributed by atoms with E-state index in [0.717, 1.165) is 0 Å². The summed E-state index contributed by atoms with van der Waals surface area (Å²) in [5.41, 5.74) is 0. The van der Waals surface area contributed by atoms with Crippen LogP contribution in [0.1, 0.15) is 0 Å². The van der Waals surface area contributed by atoms with Crippen molar-refractivity contribution in [1.29, 1.82) is 0 Å². The van der Waals surface area contributed by atoms with Gasteiger partial charge in [-0.05, 0) is 0 Å². The zero-order chi connectivity index (χ0) is 0. The molecule has 0 aliphatic carbocycles. The molecular formula is C5H15W-5. The van der Waals surface area contributed by atoms with Crippen molar-refractivity contribution >= 4 is 0 Å². The van der Waals surface area contributed by atoms with Crippen molar-refractivity contribution in [1.82, 2.24) is 0 Å². The van der Waals surface area contributed by atoms with Crippen molar-refractivity contribution in [3.05, 3.63) is 37.1 Å². The van der Waals surface area contributed by atoms with Gasteiger partial charge in [-0.3, -0.25) is 0 Å². The van der Waals surface area contributed by atoms with E-state index in [1.54, 1.807) is 0 Å². The van der Waals surface area contributed by atoms with Gasteiger partial charge in [-0.2, -0.15) is 0 Å². The fourth-order valence-corrected chi connectivity index (χ4v) is 0. The molecule has 0 spiro atoms. The third-order valence-electron chi connectivity index (χ3n) is 0. The molecule has 0 aromatic carbocycles. The molecule has 0 amide bonds. The molecule has 0 unspecified atom stereocenters. The van der Waals surface area contributed by atoms with Crippen LogP contribution in [0.2, 0.25) is 0 Å². The molecule has 0 nitrogen and oxygen atoms in total. The van der Waals surface area contributed by atoms with Crippen LogP contribution in [0.5, 0.6) is 0 Å². The monoisotopic (exact) mass is 259 g/mol. The van der Waals surface area contributed by atoms with Gasteiger partial charge in [0, 0.05) is 21.1 Å². The molecule has 0 fully saturated rings. The van der Waals surface area contributed by atoms with Crippen LogP contribution in [0.15, 0.2) is 0 Å². The molecule has 0 aromatic rings. The summed E-state index contributed by atoms with van der Waals surface area (Å²) in [5, 5.41) is 0. The summed E-state index contributed by atoms with van der Waals surface area (Å²) in [4.78, 5) is 0. The quantitative estimate of drug-likeness (QED) is 0.585. The van der Waals surface area contributed by atoms with Gasteiger partial charge in [-0.15, -0.1) is 0 Å². The van der Waals surface area contributed by atoms with Gasteiger partial charge >= 0.3 is 0 Å². The van der Waals surface area contributed by atoms with E-state index in [-0.39, 0.29) is 58.2 Å². The van der Waals surface area contributed by atoms with Crippen molar-refractivity contribution in [3.63, 3.8) is 0 Å². The Morgan fingerprint density at radius 3 is 0.333 bits per heavy atom. The molecule has 46 valence electrons. The molecule has 0 radical (unpaired) electrons. The average molecular weight is 259 g/mol. The summed E-state index contributed by atoms with van der Waals surface area (Å²) in [6, 6.07) is 0. The molecule has 0 aromatic heterocycles. The first-order valence-corrected chi connectivity index (χ1v) is 0. The zero-order valence-corrected chi connectivity index (χ0v) is 8.34. The van der Waals surface area contributed by atoms with Gasteiger partial charge in [0.1, 0.15) is 0 Å². The van der Waals surface area contributed by atoms with Gasteiger partial charge in [0.2, 0.25) is 0 Å². The van der Waals surface area contributed by atoms with E-state index in [0.29, 0.717) is 0 Å². The molecule has 0 saturated heterocycles. The van der Waals surface area contributed by atoms with E-state index in [1.807, 2.05) is 0 Å². The standard InChI is InChI=1S/5CH3.W/h5*1H3;/q5*-1;. The molecule has 0 aliphatic heterocycles. The van der Waals surface area contributed by atoms with Crippen molar-refractivity contribution < 1.29 is 21.1 Å². The van der Waals surface area contributed by atoms with Crippen LogP contribution in [0, 0.1) is 37.1 Å². The molecule has 0 heterocycles. The Labute approximate surface area is 58.6 Å². The van der Waals surface area contributed by atoms with Crippen LogP contribution >= 0.6 is 0 Å². The van der Waals surface area contributed by atoms with Gasteiger partial charge in [-0.1, -0.05) is 0 Å². The second-order valence-electron chi connectivity index (χ2n) is 0. The van der Waals surface area contributed by atoms with Gasteiger partial charge in [-0.25, -0.2) is 0 Å². The third kappa shape index (κ3) is 135. The summed E-state index contributed by atoms with van der Waals surface area (Å²) < 4.78 is 0. The molecule has 0 rings (SSSR count). The Kier molecular flexibility index (Phi) is 20100. The minimum Gasteiger partial charge on any atom is -0.358 e. The predicted molar refractivity (Wildman–Crippen MR) is 32.1 cm³/mol. The van der Waals surface area contributed by atoms with Crippen molar-refractivity contribution in [2.75, 3.05) is 0 Å². The Bertz CT molecular complexity index is 3.90. The fraction of sp³-hybridized carbons (Fsp3) is 0. The maximum absolute atomic E-state index is 0. The maximum Gasteiger partial charge on any atom is 0 e. The molecule has 0 N–H and O–H groups in total. The summed E-state index contributed by atoms with van der Waals surface area (Å²) in [7, 11) is 0. The molecule has 0 atom stereocenters. The van der Waals surface area contributed by atoms with E-state index in [2.05, 4.69) is 0 Å². The van der Waals surface area contributed by atoms with E-state index < -0.39 is 0 Å². The van der Waals surface area contributed by atoms with Gasteiger partial charge in [0.15, 0.2) is 0 Å². The van der Waals surface area contributed by atoms with Crippen LogP contribution < -0.4 is 0 Å². The second-order valence-corrected chi connectivity index (χ2v) is 0. The predicted octanol–water partition coefficient (Wildman–Crippen LogP) is 2.25. The van der Waals surface area contributed by atoms with Crippen molar-refractivity contribution in [3.8, 4) is 0 Å². The van der Waals surface area contributed by atoms with Crippen LogP contribution in [0.25, 0.3) is 0 Å². The minimum atomic E-state index is 0. The molecule has 0 bridgehead atoms. The average Bonchev–Trinajstić information content (AvgIpc) is 0. The summed E-state index contributed by atoms with van der Waals surface area (Å²) in [5.74, 6) is 0. The topological polar surface area (TPSA) is 0 Å². The normalized spacial score (nSPS) is 0. The van der Waals surface area contributed by atoms with Crippen LogP contribution in [0.4, 0.5) is 0 Å².